The van der Waals surface area contributed by atoms with E-state index in [9.17, 15) is 4.79 Å². The zero-order valence-corrected chi connectivity index (χ0v) is 13.1. The Morgan fingerprint density at radius 3 is 2.67 bits per heavy atom. The van der Waals surface area contributed by atoms with Gasteiger partial charge >= 0.3 is 0 Å². The van der Waals surface area contributed by atoms with Crippen LogP contribution in [0.5, 0.6) is 0 Å². The average Bonchev–Trinajstić information content (AvgIpc) is 2.91. The fourth-order valence-corrected chi connectivity index (χ4v) is 2.49. The molecule has 0 aliphatic carbocycles. The summed E-state index contributed by atoms with van der Waals surface area (Å²) in [6.45, 7) is 4.27. The van der Waals surface area contributed by atoms with Gasteiger partial charge in [0.2, 0.25) is 0 Å². The maximum absolute atomic E-state index is 12.2. The highest BCUT2D eigenvalue weighted by Gasteiger charge is 2.13. The predicted octanol–water partition coefficient (Wildman–Crippen LogP) is 3.91. The van der Waals surface area contributed by atoms with E-state index in [2.05, 4.69) is 18.9 Å². The van der Waals surface area contributed by atoms with Gasteiger partial charge in [-0.25, -0.2) is 0 Å². The van der Waals surface area contributed by atoms with Gasteiger partial charge < -0.3 is 5.73 Å². The minimum atomic E-state index is -0.00769. The first-order chi connectivity index (χ1) is 10.0. The number of carbonyl (C=O) groups excluding carboxylic acids is 1. The standard InChI is InChI=1S/C16H20ClN3O/c1-3-13(4-2)20-8-7-12(19-20)10-16(21)11-5-6-15(18)14(17)9-11/h5-9,13H,3-4,10,18H2,1-2H3. The van der Waals surface area contributed by atoms with Crippen molar-refractivity contribution >= 4 is 23.1 Å². The Hall–Kier alpha value is -1.81. The molecule has 0 atom stereocenters. The summed E-state index contributed by atoms with van der Waals surface area (Å²) < 4.78 is 1.94. The molecule has 1 aromatic carbocycles. The normalized spacial score (nSPS) is 11.0. The zero-order chi connectivity index (χ0) is 15.4. The van der Waals surface area contributed by atoms with Gasteiger partial charge in [0.25, 0.3) is 0 Å². The van der Waals surface area contributed by atoms with Crippen molar-refractivity contribution in [3.8, 4) is 0 Å². The molecule has 5 heteroatoms. The second-order valence-corrected chi connectivity index (χ2v) is 5.50. The summed E-state index contributed by atoms with van der Waals surface area (Å²) in [5.41, 5.74) is 7.47. The third-order valence-corrected chi connectivity index (χ3v) is 3.97. The van der Waals surface area contributed by atoms with Crippen molar-refractivity contribution in [1.29, 1.82) is 0 Å². The first-order valence-corrected chi connectivity index (χ1v) is 7.55. The number of rotatable bonds is 6. The van der Waals surface area contributed by atoms with Crippen molar-refractivity contribution in [3.05, 3.63) is 46.7 Å². The van der Waals surface area contributed by atoms with Gasteiger partial charge in [-0.2, -0.15) is 5.10 Å². The molecule has 2 rings (SSSR count). The SMILES string of the molecule is CCC(CC)n1ccc(CC(=O)c2ccc(N)c(Cl)c2)n1. The third kappa shape index (κ3) is 3.64. The monoisotopic (exact) mass is 305 g/mol. The number of nitrogen functional groups attached to an aromatic ring is 1. The van der Waals surface area contributed by atoms with E-state index in [1.807, 2.05) is 16.9 Å². The number of halogens is 1. The second kappa shape index (κ2) is 6.76. The van der Waals surface area contributed by atoms with Gasteiger partial charge in [-0.3, -0.25) is 9.48 Å². The maximum Gasteiger partial charge on any atom is 0.168 e. The summed E-state index contributed by atoms with van der Waals surface area (Å²) in [6, 6.07) is 7.24. The van der Waals surface area contributed by atoms with E-state index in [0.717, 1.165) is 18.5 Å². The smallest absolute Gasteiger partial charge is 0.168 e. The van der Waals surface area contributed by atoms with Crippen LogP contribution in [0.3, 0.4) is 0 Å². The summed E-state index contributed by atoms with van der Waals surface area (Å²) in [7, 11) is 0. The van der Waals surface area contributed by atoms with Crippen molar-refractivity contribution in [3.63, 3.8) is 0 Å². The number of benzene rings is 1. The molecule has 0 fully saturated rings. The molecule has 1 aromatic heterocycles. The van der Waals surface area contributed by atoms with E-state index in [-0.39, 0.29) is 12.2 Å². The second-order valence-electron chi connectivity index (χ2n) is 5.09. The van der Waals surface area contributed by atoms with E-state index < -0.39 is 0 Å². The molecule has 4 nitrogen and oxygen atoms in total. The van der Waals surface area contributed by atoms with Gasteiger partial charge in [0.05, 0.1) is 28.9 Å². The Labute approximate surface area is 129 Å². The van der Waals surface area contributed by atoms with Crippen LogP contribution >= 0.6 is 11.6 Å². The predicted molar refractivity (Wildman–Crippen MR) is 85.7 cm³/mol. The minimum Gasteiger partial charge on any atom is -0.398 e. The summed E-state index contributed by atoms with van der Waals surface area (Å²) in [4.78, 5) is 12.2. The fraction of sp³-hybridized carbons (Fsp3) is 0.375. The summed E-state index contributed by atoms with van der Waals surface area (Å²) in [6.07, 6.45) is 4.27. The van der Waals surface area contributed by atoms with Gasteiger partial charge in [0.1, 0.15) is 0 Å². The molecule has 0 aliphatic rings. The van der Waals surface area contributed by atoms with E-state index in [4.69, 9.17) is 17.3 Å². The highest BCUT2D eigenvalue weighted by molar-refractivity contribution is 6.33. The van der Waals surface area contributed by atoms with Crippen molar-refractivity contribution in [2.24, 2.45) is 0 Å². The molecule has 0 aliphatic heterocycles. The van der Waals surface area contributed by atoms with E-state index in [1.165, 1.54) is 0 Å². The van der Waals surface area contributed by atoms with Gasteiger partial charge in [0.15, 0.2) is 5.78 Å². The van der Waals surface area contributed by atoms with Gasteiger partial charge in [-0.15, -0.1) is 0 Å². The molecular weight excluding hydrogens is 286 g/mol. The molecule has 21 heavy (non-hydrogen) atoms. The molecule has 0 saturated carbocycles. The van der Waals surface area contributed by atoms with Crippen LogP contribution in [0.4, 0.5) is 5.69 Å². The molecule has 0 bridgehead atoms. The average molecular weight is 306 g/mol. The molecule has 1 heterocycles. The summed E-state index contributed by atoms with van der Waals surface area (Å²) in [5.74, 6) is -0.00769. The highest BCUT2D eigenvalue weighted by atomic mass is 35.5. The number of ketones is 1. The van der Waals surface area contributed by atoms with Crippen molar-refractivity contribution < 1.29 is 4.79 Å². The maximum atomic E-state index is 12.2. The van der Waals surface area contributed by atoms with Gasteiger partial charge in [0, 0.05) is 11.8 Å². The first kappa shape index (κ1) is 15.6. The Balaban J connectivity index is 2.11. The van der Waals surface area contributed by atoms with Crippen LogP contribution in [0.15, 0.2) is 30.5 Å². The third-order valence-electron chi connectivity index (χ3n) is 3.64. The van der Waals surface area contributed by atoms with Crippen LogP contribution in [-0.4, -0.2) is 15.6 Å². The highest BCUT2D eigenvalue weighted by Crippen LogP contribution is 2.21. The molecule has 0 amide bonds. The quantitative estimate of drug-likeness (QED) is 0.650. The molecule has 0 spiro atoms. The lowest BCUT2D eigenvalue weighted by atomic mass is 10.1. The van der Waals surface area contributed by atoms with Crippen LogP contribution < -0.4 is 5.73 Å². The number of nitrogens with two attached hydrogens (primary N) is 1. The van der Waals surface area contributed by atoms with Crippen LogP contribution in [0.2, 0.25) is 5.02 Å². The van der Waals surface area contributed by atoms with Crippen LogP contribution in [-0.2, 0) is 6.42 Å². The molecular formula is C16H20ClN3O. The summed E-state index contributed by atoms with van der Waals surface area (Å²) >= 11 is 5.95. The number of carbonyl (C=O) groups is 1. The number of anilines is 1. The van der Waals surface area contributed by atoms with E-state index in [1.54, 1.807) is 18.2 Å². The lowest BCUT2D eigenvalue weighted by Gasteiger charge is -2.12. The molecule has 0 unspecified atom stereocenters. The molecule has 2 aromatic rings. The Morgan fingerprint density at radius 1 is 1.33 bits per heavy atom. The van der Waals surface area contributed by atoms with E-state index in [0.29, 0.717) is 22.3 Å². The number of hydrogen-bond acceptors (Lipinski definition) is 3. The van der Waals surface area contributed by atoms with Crippen LogP contribution in [0.1, 0.15) is 48.8 Å². The largest absolute Gasteiger partial charge is 0.398 e. The van der Waals surface area contributed by atoms with Gasteiger partial charge in [-0.05, 0) is 37.1 Å². The topological polar surface area (TPSA) is 60.9 Å². The number of hydrogen-bond donors (Lipinski definition) is 1. The number of nitrogens with zero attached hydrogens (tertiary/aromatic N) is 2. The number of aromatic nitrogens is 2. The van der Waals surface area contributed by atoms with Crippen LogP contribution in [0.25, 0.3) is 0 Å². The van der Waals surface area contributed by atoms with E-state index >= 15 is 0 Å². The molecule has 0 saturated heterocycles. The van der Waals surface area contributed by atoms with Crippen molar-refractivity contribution in [2.45, 2.75) is 39.2 Å². The van der Waals surface area contributed by atoms with Crippen LogP contribution in [0, 0.1) is 0 Å². The Kier molecular flexibility index (Phi) is 5.02. The van der Waals surface area contributed by atoms with Crippen molar-refractivity contribution in [2.75, 3.05) is 5.73 Å². The lowest BCUT2D eigenvalue weighted by Crippen LogP contribution is -2.09. The molecule has 2 N–H and O–H groups in total. The van der Waals surface area contributed by atoms with Gasteiger partial charge in [-0.1, -0.05) is 25.4 Å². The minimum absolute atomic E-state index is 0.00769. The fourth-order valence-electron chi connectivity index (χ4n) is 2.30. The summed E-state index contributed by atoms with van der Waals surface area (Å²) in [5, 5.41) is 4.90. The number of Topliss-reactive ketones (excluding diaryl/α,β-unsaturated/α-hetero) is 1. The molecule has 0 radical (unpaired) electrons. The Bertz CT molecular complexity index is 632. The zero-order valence-electron chi connectivity index (χ0n) is 12.3. The molecule has 112 valence electrons. The Morgan fingerprint density at radius 2 is 2.05 bits per heavy atom. The lowest BCUT2D eigenvalue weighted by molar-refractivity contribution is 0.0991. The first-order valence-electron chi connectivity index (χ1n) is 7.17. The van der Waals surface area contributed by atoms with Crippen molar-refractivity contribution in [1.82, 2.24) is 9.78 Å².